The molecule has 0 bridgehead atoms. The zero-order valence-corrected chi connectivity index (χ0v) is 21.4. The first-order valence-corrected chi connectivity index (χ1v) is 13.5. The van der Waals surface area contributed by atoms with Gasteiger partial charge in [0.15, 0.2) is 0 Å². The molecule has 2 amide bonds. The Kier molecular flexibility index (Phi) is 6.18. The average molecular weight is 467 g/mol. The molecule has 0 aromatic heterocycles. The number of hydrogen-bond donors (Lipinski definition) is 1. The van der Waals surface area contributed by atoms with Crippen molar-refractivity contribution in [3.63, 3.8) is 0 Å². The highest BCUT2D eigenvalue weighted by Gasteiger charge is 2.60. The number of piperidine rings is 1. The third kappa shape index (κ3) is 3.74. The molecule has 1 N–H and O–H groups in total. The van der Waals surface area contributed by atoms with Crippen LogP contribution in [0.5, 0.6) is 5.75 Å². The molecular weight excluding hydrogens is 424 g/mol. The number of amides is 2. The number of ether oxygens (including phenoxy) is 1. The fraction of sp³-hybridized carbons (Fsp3) is 0.724. The molecule has 4 fully saturated rings. The minimum atomic E-state index is 0.0201. The Balaban J connectivity index is 1.25. The van der Waals surface area contributed by atoms with Crippen LogP contribution in [0.15, 0.2) is 24.3 Å². The molecule has 0 radical (unpaired) electrons. The van der Waals surface area contributed by atoms with Gasteiger partial charge in [0.1, 0.15) is 5.75 Å². The maximum atomic E-state index is 12.8. The summed E-state index contributed by atoms with van der Waals surface area (Å²) in [6.45, 7) is 8.37. The molecule has 5 rings (SSSR count). The van der Waals surface area contributed by atoms with Gasteiger partial charge in [0.05, 0.1) is 6.61 Å². The summed E-state index contributed by atoms with van der Waals surface area (Å²) < 4.78 is 5.50. The number of fused-ring (bicyclic) bond motifs is 5. The predicted molar refractivity (Wildman–Crippen MR) is 134 cm³/mol. The van der Waals surface area contributed by atoms with E-state index in [2.05, 4.69) is 24.1 Å². The van der Waals surface area contributed by atoms with Crippen molar-refractivity contribution < 1.29 is 14.3 Å². The zero-order valence-electron chi connectivity index (χ0n) is 21.4. The quantitative estimate of drug-likeness (QED) is 0.641. The number of hydrogen-bond acceptors (Lipinski definition) is 3. The van der Waals surface area contributed by atoms with Gasteiger partial charge in [-0.15, -0.1) is 0 Å². The Bertz CT molecular complexity index is 930. The second-order valence-corrected chi connectivity index (χ2v) is 12.0. The van der Waals surface area contributed by atoms with Crippen LogP contribution in [-0.4, -0.2) is 43.0 Å². The van der Waals surface area contributed by atoms with Gasteiger partial charge in [0.2, 0.25) is 5.91 Å². The van der Waals surface area contributed by atoms with Crippen LogP contribution >= 0.6 is 0 Å². The van der Waals surface area contributed by atoms with Crippen molar-refractivity contribution in [1.29, 1.82) is 0 Å². The Morgan fingerprint density at radius 1 is 1.03 bits per heavy atom. The van der Waals surface area contributed by atoms with Crippen LogP contribution in [0.2, 0.25) is 0 Å². The maximum absolute atomic E-state index is 12.8. The monoisotopic (exact) mass is 466 g/mol. The minimum absolute atomic E-state index is 0.0201. The summed E-state index contributed by atoms with van der Waals surface area (Å²) in [5, 5.41) is 3.26. The highest BCUT2D eigenvalue weighted by molar-refractivity contribution is 5.94. The Labute approximate surface area is 205 Å². The fourth-order valence-electron chi connectivity index (χ4n) is 8.78. The topological polar surface area (TPSA) is 58.6 Å². The number of likely N-dealkylation sites (tertiary alicyclic amines) is 1. The number of benzene rings is 1. The molecule has 1 heterocycles. The lowest BCUT2D eigenvalue weighted by molar-refractivity contribution is -0.158. The molecule has 186 valence electrons. The van der Waals surface area contributed by atoms with Gasteiger partial charge < -0.3 is 15.0 Å². The molecule has 2 unspecified atom stereocenters. The SMILES string of the molecule is CCOc1ccc(C(=O)NCC2CC[C@H]3[C@@H]4CCC5N(C)C(=O)CC[C@]5(C)[C@@H]4CC[C@]23C)cc1. The second kappa shape index (κ2) is 8.87. The first-order chi connectivity index (χ1) is 16.3. The molecule has 5 heteroatoms. The van der Waals surface area contributed by atoms with Crippen LogP contribution in [0, 0.1) is 34.5 Å². The van der Waals surface area contributed by atoms with E-state index >= 15 is 0 Å². The van der Waals surface area contributed by atoms with Gasteiger partial charge in [0.25, 0.3) is 5.91 Å². The molecule has 0 spiro atoms. The Morgan fingerprint density at radius 3 is 2.50 bits per heavy atom. The van der Waals surface area contributed by atoms with Gasteiger partial charge in [-0.1, -0.05) is 13.8 Å². The van der Waals surface area contributed by atoms with E-state index in [1.165, 1.54) is 32.1 Å². The standard InChI is InChI=1S/C29H42N2O3/c1-5-34-21-9-6-19(7-10-21)27(33)30-18-20-8-12-23-22-11-13-25-29(3,17-15-26(32)31(25)4)24(22)14-16-28(20,23)2/h6-7,9-10,20,22-25H,5,8,11-18H2,1-4H3,(H,30,33)/t20?,22-,23-,24+,25?,28+,29+/m0/s1. The summed E-state index contributed by atoms with van der Waals surface area (Å²) in [6, 6.07) is 7.88. The number of nitrogens with zero attached hydrogens (tertiary/aromatic N) is 1. The second-order valence-electron chi connectivity index (χ2n) is 12.0. The smallest absolute Gasteiger partial charge is 0.251 e. The molecule has 5 nitrogen and oxygen atoms in total. The van der Waals surface area contributed by atoms with Crippen molar-refractivity contribution in [2.75, 3.05) is 20.2 Å². The first kappa shape index (κ1) is 23.7. The molecule has 1 saturated heterocycles. The van der Waals surface area contributed by atoms with E-state index in [-0.39, 0.29) is 11.3 Å². The average Bonchev–Trinajstić information content (AvgIpc) is 3.17. The van der Waals surface area contributed by atoms with Crippen LogP contribution in [0.1, 0.15) is 82.5 Å². The number of rotatable bonds is 5. The van der Waals surface area contributed by atoms with Crippen molar-refractivity contribution in [1.82, 2.24) is 10.2 Å². The molecule has 7 atom stereocenters. The fourth-order valence-corrected chi connectivity index (χ4v) is 8.78. The number of carbonyl (C=O) groups excluding carboxylic acids is 2. The molecule has 3 aliphatic carbocycles. The highest BCUT2D eigenvalue weighted by atomic mass is 16.5. The van der Waals surface area contributed by atoms with Gasteiger partial charge in [-0.25, -0.2) is 0 Å². The maximum Gasteiger partial charge on any atom is 0.251 e. The number of nitrogens with one attached hydrogen (secondary N) is 1. The van der Waals surface area contributed by atoms with Crippen LogP contribution in [0.4, 0.5) is 0 Å². The lowest BCUT2D eigenvalue weighted by Crippen LogP contribution is -2.61. The van der Waals surface area contributed by atoms with Crippen molar-refractivity contribution >= 4 is 11.8 Å². The molecular formula is C29H42N2O3. The summed E-state index contributed by atoms with van der Waals surface area (Å²) in [6.07, 6.45) is 9.23. The molecule has 1 aromatic carbocycles. The van der Waals surface area contributed by atoms with E-state index in [4.69, 9.17) is 4.74 Å². The van der Waals surface area contributed by atoms with Crippen molar-refractivity contribution in [3.8, 4) is 5.75 Å². The first-order valence-electron chi connectivity index (χ1n) is 13.5. The lowest BCUT2D eigenvalue weighted by atomic mass is 9.47. The summed E-state index contributed by atoms with van der Waals surface area (Å²) >= 11 is 0. The molecule has 34 heavy (non-hydrogen) atoms. The molecule has 1 aliphatic heterocycles. The van der Waals surface area contributed by atoms with Gasteiger partial charge in [-0.05, 0) is 111 Å². The predicted octanol–water partition coefficient (Wildman–Crippen LogP) is 5.29. The van der Waals surface area contributed by atoms with E-state index in [9.17, 15) is 9.59 Å². The van der Waals surface area contributed by atoms with Gasteiger partial charge in [0, 0.05) is 31.6 Å². The van der Waals surface area contributed by atoms with Crippen molar-refractivity contribution in [2.24, 2.45) is 34.5 Å². The molecule has 3 saturated carbocycles. The van der Waals surface area contributed by atoms with Gasteiger partial charge in [-0.3, -0.25) is 9.59 Å². The van der Waals surface area contributed by atoms with E-state index in [0.717, 1.165) is 49.3 Å². The van der Waals surface area contributed by atoms with Gasteiger partial charge in [-0.2, -0.15) is 0 Å². The summed E-state index contributed by atoms with van der Waals surface area (Å²) in [5.74, 6) is 3.97. The Hall–Kier alpha value is -2.04. The van der Waals surface area contributed by atoms with E-state index < -0.39 is 0 Å². The van der Waals surface area contributed by atoms with E-state index in [1.54, 1.807) is 0 Å². The third-order valence-corrected chi connectivity index (χ3v) is 10.7. The van der Waals surface area contributed by atoms with Crippen molar-refractivity contribution in [3.05, 3.63) is 29.8 Å². The Morgan fingerprint density at radius 2 is 1.76 bits per heavy atom. The largest absolute Gasteiger partial charge is 0.494 e. The van der Waals surface area contributed by atoms with Gasteiger partial charge >= 0.3 is 0 Å². The zero-order chi connectivity index (χ0) is 24.1. The summed E-state index contributed by atoms with van der Waals surface area (Å²) in [4.78, 5) is 27.3. The van der Waals surface area contributed by atoms with E-state index in [0.29, 0.717) is 35.5 Å². The summed E-state index contributed by atoms with van der Waals surface area (Å²) in [5.41, 5.74) is 1.29. The van der Waals surface area contributed by atoms with E-state index in [1.807, 2.05) is 38.2 Å². The van der Waals surface area contributed by atoms with Crippen LogP contribution in [-0.2, 0) is 4.79 Å². The van der Waals surface area contributed by atoms with Crippen LogP contribution < -0.4 is 10.1 Å². The normalized spacial score (nSPS) is 39.1. The van der Waals surface area contributed by atoms with Crippen LogP contribution in [0.25, 0.3) is 0 Å². The summed E-state index contributed by atoms with van der Waals surface area (Å²) in [7, 11) is 2.04. The lowest BCUT2D eigenvalue weighted by Gasteiger charge is -2.61. The minimum Gasteiger partial charge on any atom is -0.494 e. The highest BCUT2D eigenvalue weighted by Crippen LogP contribution is 2.66. The number of carbonyl (C=O) groups is 2. The van der Waals surface area contributed by atoms with Crippen LogP contribution in [0.3, 0.4) is 0 Å². The van der Waals surface area contributed by atoms with Crippen molar-refractivity contribution in [2.45, 2.75) is 78.2 Å². The third-order valence-electron chi connectivity index (χ3n) is 10.7. The molecule has 1 aromatic rings. The molecule has 4 aliphatic rings.